The summed E-state index contributed by atoms with van der Waals surface area (Å²) in [6, 6.07) is 4.46. The van der Waals surface area contributed by atoms with Crippen molar-refractivity contribution in [2.45, 2.75) is 38.8 Å². The van der Waals surface area contributed by atoms with E-state index in [-0.39, 0.29) is 0 Å². The molecular weight excluding hydrogens is 410 g/mol. The number of carbonyl (C=O) groups excluding carboxylic acids is 1. The Balaban J connectivity index is 1.27. The zero-order chi connectivity index (χ0) is 18.8. The third-order valence-electron chi connectivity index (χ3n) is 5.88. The average Bonchev–Trinajstić information content (AvgIpc) is 3.11. The number of amides is 1. The molecule has 3 aliphatic rings. The van der Waals surface area contributed by atoms with Crippen molar-refractivity contribution in [1.82, 2.24) is 14.7 Å². The van der Waals surface area contributed by atoms with Gasteiger partial charge in [0, 0.05) is 49.8 Å². The Kier molecular flexibility index (Phi) is 5.90. The van der Waals surface area contributed by atoms with Gasteiger partial charge in [0.15, 0.2) is 11.5 Å². The maximum absolute atomic E-state index is 12.6. The molecule has 6 nitrogen and oxygen atoms in total. The predicted molar refractivity (Wildman–Crippen MR) is 107 cm³/mol. The van der Waals surface area contributed by atoms with Crippen LogP contribution in [0.15, 0.2) is 16.6 Å². The molecule has 3 heterocycles. The van der Waals surface area contributed by atoms with Crippen LogP contribution in [0.25, 0.3) is 0 Å². The zero-order valence-electron chi connectivity index (χ0n) is 16.0. The van der Waals surface area contributed by atoms with E-state index in [0.29, 0.717) is 25.3 Å². The Morgan fingerprint density at radius 2 is 1.78 bits per heavy atom. The highest BCUT2D eigenvalue weighted by molar-refractivity contribution is 9.10. The van der Waals surface area contributed by atoms with E-state index < -0.39 is 0 Å². The number of ether oxygens (including phenoxy) is 2. The van der Waals surface area contributed by atoms with Crippen molar-refractivity contribution >= 4 is 21.8 Å². The maximum atomic E-state index is 12.6. The summed E-state index contributed by atoms with van der Waals surface area (Å²) >= 11 is 3.65. The second kappa shape index (κ2) is 8.37. The van der Waals surface area contributed by atoms with Crippen LogP contribution in [0, 0.1) is 0 Å². The number of piperazine rings is 1. The van der Waals surface area contributed by atoms with Gasteiger partial charge in [-0.05, 0) is 43.9 Å². The molecule has 1 aromatic rings. The highest BCUT2D eigenvalue weighted by Gasteiger charge is 2.26. The van der Waals surface area contributed by atoms with E-state index in [0.717, 1.165) is 68.1 Å². The molecular formula is C20H28BrN3O3. The number of likely N-dealkylation sites (tertiary alicyclic amines) is 1. The lowest BCUT2D eigenvalue weighted by Gasteiger charge is -2.38. The smallest absolute Gasteiger partial charge is 0.236 e. The van der Waals surface area contributed by atoms with Gasteiger partial charge >= 0.3 is 0 Å². The van der Waals surface area contributed by atoms with Crippen LogP contribution in [0.2, 0.25) is 0 Å². The summed E-state index contributed by atoms with van der Waals surface area (Å²) < 4.78 is 12.0. The molecule has 1 atom stereocenters. The first kappa shape index (κ1) is 19.0. The number of hydrogen-bond acceptors (Lipinski definition) is 5. The summed E-state index contributed by atoms with van der Waals surface area (Å²) in [5, 5.41) is 0. The highest BCUT2D eigenvalue weighted by atomic mass is 79.9. The molecule has 0 aliphatic carbocycles. The molecule has 1 aromatic carbocycles. The number of fused-ring (bicyclic) bond motifs is 1. The number of rotatable bonds is 4. The Morgan fingerprint density at radius 1 is 1.07 bits per heavy atom. The Bertz CT molecular complexity index is 691. The Labute approximate surface area is 169 Å². The minimum atomic E-state index is 0.299. The number of benzene rings is 1. The number of piperidine rings is 1. The maximum Gasteiger partial charge on any atom is 0.236 e. The standard InChI is InChI=1S/C20H28BrN3O3/c1-15-4-2-3-5-24(15)20(25)13-23-8-6-22(7-9-23)12-16-10-18-19(11-17(16)21)27-14-26-18/h10-11,15H,2-9,12-14H2,1H3. The molecule has 0 radical (unpaired) electrons. The topological polar surface area (TPSA) is 45.3 Å². The zero-order valence-corrected chi connectivity index (χ0v) is 17.5. The summed E-state index contributed by atoms with van der Waals surface area (Å²) in [4.78, 5) is 19.5. The van der Waals surface area contributed by atoms with Crippen molar-refractivity contribution in [3.8, 4) is 11.5 Å². The van der Waals surface area contributed by atoms with Gasteiger partial charge in [0.25, 0.3) is 0 Å². The molecule has 0 saturated carbocycles. The van der Waals surface area contributed by atoms with Gasteiger partial charge in [-0.1, -0.05) is 15.9 Å². The number of hydrogen-bond donors (Lipinski definition) is 0. The Morgan fingerprint density at radius 3 is 2.52 bits per heavy atom. The molecule has 148 valence electrons. The minimum Gasteiger partial charge on any atom is -0.454 e. The molecule has 7 heteroatoms. The van der Waals surface area contributed by atoms with E-state index in [1.54, 1.807) is 0 Å². The lowest BCUT2D eigenvalue weighted by atomic mass is 10.0. The van der Waals surface area contributed by atoms with E-state index in [2.05, 4.69) is 43.6 Å². The minimum absolute atomic E-state index is 0.299. The van der Waals surface area contributed by atoms with Crippen molar-refractivity contribution in [2.75, 3.05) is 46.1 Å². The molecule has 3 aliphatic heterocycles. The van der Waals surface area contributed by atoms with Crippen LogP contribution >= 0.6 is 15.9 Å². The number of halogens is 1. The molecule has 4 rings (SSSR count). The van der Waals surface area contributed by atoms with E-state index in [1.807, 2.05) is 6.07 Å². The van der Waals surface area contributed by atoms with Crippen molar-refractivity contribution in [3.63, 3.8) is 0 Å². The lowest BCUT2D eigenvalue weighted by molar-refractivity contribution is -0.136. The fourth-order valence-corrected chi connectivity index (χ4v) is 4.63. The second-order valence-electron chi connectivity index (χ2n) is 7.78. The molecule has 0 N–H and O–H groups in total. The van der Waals surface area contributed by atoms with Crippen LogP contribution in [0.1, 0.15) is 31.7 Å². The molecule has 2 fully saturated rings. The largest absolute Gasteiger partial charge is 0.454 e. The van der Waals surface area contributed by atoms with E-state index >= 15 is 0 Å². The van der Waals surface area contributed by atoms with Gasteiger partial charge in [-0.3, -0.25) is 14.6 Å². The van der Waals surface area contributed by atoms with Crippen LogP contribution in [-0.2, 0) is 11.3 Å². The van der Waals surface area contributed by atoms with Gasteiger partial charge in [-0.2, -0.15) is 0 Å². The average molecular weight is 438 g/mol. The third kappa shape index (κ3) is 4.41. The van der Waals surface area contributed by atoms with Crippen LogP contribution in [-0.4, -0.2) is 72.7 Å². The van der Waals surface area contributed by atoms with Crippen LogP contribution in [0.5, 0.6) is 11.5 Å². The van der Waals surface area contributed by atoms with Gasteiger partial charge in [-0.25, -0.2) is 0 Å². The summed E-state index contributed by atoms with van der Waals surface area (Å²) in [5.41, 5.74) is 1.21. The van der Waals surface area contributed by atoms with Gasteiger partial charge in [-0.15, -0.1) is 0 Å². The van der Waals surface area contributed by atoms with Crippen molar-refractivity contribution in [1.29, 1.82) is 0 Å². The first-order valence-electron chi connectivity index (χ1n) is 9.92. The van der Waals surface area contributed by atoms with Gasteiger partial charge in [0.1, 0.15) is 0 Å². The van der Waals surface area contributed by atoms with Crippen LogP contribution < -0.4 is 9.47 Å². The highest BCUT2D eigenvalue weighted by Crippen LogP contribution is 2.37. The lowest BCUT2D eigenvalue weighted by Crippen LogP contribution is -2.51. The third-order valence-corrected chi connectivity index (χ3v) is 6.62. The SMILES string of the molecule is CC1CCCCN1C(=O)CN1CCN(Cc2cc3c(cc2Br)OCO3)CC1. The monoisotopic (exact) mass is 437 g/mol. The van der Waals surface area contributed by atoms with Crippen molar-refractivity contribution < 1.29 is 14.3 Å². The first-order chi connectivity index (χ1) is 13.1. The molecule has 0 bridgehead atoms. The molecule has 0 aromatic heterocycles. The van der Waals surface area contributed by atoms with E-state index in [1.165, 1.54) is 12.0 Å². The van der Waals surface area contributed by atoms with Crippen molar-refractivity contribution in [2.24, 2.45) is 0 Å². The summed E-state index contributed by atoms with van der Waals surface area (Å²) in [7, 11) is 0. The van der Waals surface area contributed by atoms with Gasteiger partial charge in [0.2, 0.25) is 12.7 Å². The first-order valence-corrected chi connectivity index (χ1v) is 10.7. The fourth-order valence-electron chi connectivity index (χ4n) is 4.18. The molecule has 1 unspecified atom stereocenters. The quantitative estimate of drug-likeness (QED) is 0.724. The van der Waals surface area contributed by atoms with Crippen molar-refractivity contribution in [3.05, 3.63) is 22.2 Å². The molecule has 27 heavy (non-hydrogen) atoms. The van der Waals surface area contributed by atoms with E-state index in [9.17, 15) is 4.79 Å². The normalized spacial score (nSPS) is 23.6. The Hall–Kier alpha value is -1.31. The van der Waals surface area contributed by atoms with E-state index in [4.69, 9.17) is 9.47 Å². The second-order valence-corrected chi connectivity index (χ2v) is 8.64. The summed E-state index contributed by atoms with van der Waals surface area (Å²) in [5.74, 6) is 1.93. The van der Waals surface area contributed by atoms with Gasteiger partial charge in [0.05, 0.1) is 6.54 Å². The molecule has 0 spiro atoms. The summed E-state index contributed by atoms with van der Waals surface area (Å²) in [6.45, 7) is 8.68. The van der Waals surface area contributed by atoms with Crippen LogP contribution in [0.3, 0.4) is 0 Å². The van der Waals surface area contributed by atoms with Gasteiger partial charge < -0.3 is 14.4 Å². The predicted octanol–water partition coefficient (Wildman–Crippen LogP) is 2.70. The number of carbonyl (C=O) groups is 1. The number of nitrogens with zero attached hydrogens (tertiary/aromatic N) is 3. The molecule has 1 amide bonds. The fraction of sp³-hybridized carbons (Fsp3) is 0.650. The molecule has 2 saturated heterocycles. The van der Waals surface area contributed by atoms with Crippen LogP contribution in [0.4, 0.5) is 0 Å². The summed E-state index contributed by atoms with van der Waals surface area (Å²) in [6.07, 6.45) is 3.54.